The Morgan fingerprint density at radius 2 is 1.83 bits per heavy atom. The molecule has 0 bridgehead atoms. The summed E-state index contributed by atoms with van der Waals surface area (Å²) in [4.78, 5) is -0.697. The van der Waals surface area contributed by atoms with Crippen molar-refractivity contribution in [2.24, 2.45) is 0 Å². The van der Waals surface area contributed by atoms with E-state index < -0.39 is 62.3 Å². The molecule has 1 aromatic carbocycles. The van der Waals surface area contributed by atoms with Crippen molar-refractivity contribution < 1.29 is 40.2 Å². The largest absolute Gasteiger partial charge is 0.484 e. The van der Waals surface area contributed by atoms with E-state index in [9.17, 15) is 35.5 Å². The van der Waals surface area contributed by atoms with E-state index in [1.165, 1.54) is 0 Å². The molecule has 1 aliphatic carbocycles. The van der Waals surface area contributed by atoms with Crippen molar-refractivity contribution in [1.82, 2.24) is 0 Å². The number of halogens is 5. The zero-order chi connectivity index (χ0) is 17.7. The molecule has 23 heavy (non-hydrogen) atoms. The maximum Gasteiger partial charge on any atom is 0.312 e. The highest BCUT2D eigenvalue weighted by Crippen LogP contribution is 2.57. The highest BCUT2D eigenvalue weighted by Gasteiger charge is 2.59. The number of fused-ring (bicyclic) bond motifs is 1. The van der Waals surface area contributed by atoms with Crippen LogP contribution in [0.15, 0.2) is 17.0 Å². The number of rotatable bonds is 4. The lowest BCUT2D eigenvalue weighted by Crippen LogP contribution is -2.25. The molecule has 0 spiro atoms. The fourth-order valence-electron chi connectivity index (χ4n) is 2.34. The van der Waals surface area contributed by atoms with Crippen LogP contribution in [0.5, 0.6) is 5.75 Å². The molecular formula is C13H13F5O4S. The normalized spacial score (nSPS) is 24.6. The summed E-state index contributed by atoms with van der Waals surface area (Å²) in [5.74, 6) is -4.95. The van der Waals surface area contributed by atoms with E-state index in [1.807, 2.05) is 0 Å². The molecule has 0 amide bonds. The van der Waals surface area contributed by atoms with Crippen LogP contribution in [-0.2, 0) is 9.84 Å². The van der Waals surface area contributed by atoms with Crippen LogP contribution in [0.25, 0.3) is 0 Å². The number of aliphatic hydroxyl groups excluding tert-OH is 1. The molecule has 2 rings (SSSR count). The predicted molar refractivity (Wildman–Crippen MR) is 69.4 cm³/mol. The number of benzene rings is 1. The number of hydrogen-bond acceptors (Lipinski definition) is 4. The molecule has 0 aromatic heterocycles. The fourth-order valence-corrected chi connectivity index (χ4v) is 3.28. The topological polar surface area (TPSA) is 63.6 Å². The number of alkyl halides is 5. The van der Waals surface area contributed by atoms with Crippen molar-refractivity contribution in [2.75, 3.05) is 6.26 Å². The minimum Gasteiger partial charge on any atom is -0.484 e. The van der Waals surface area contributed by atoms with Crippen molar-refractivity contribution in [3.63, 3.8) is 0 Å². The van der Waals surface area contributed by atoms with Gasteiger partial charge in [-0.1, -0.05) is 0 Å². The lowest BCUT2D eigenvalue weighted by Gasteiger charge is -2.18. The maximum atomic E-state index is 14.1. The third-order valence-electron chi connectivity index (χ3n) is 3.50. The standard InChI is InChI=1S/C13H13F5O4S/c1-5(12(15)16)22-6-3-4-7(23(2,20)21)9-8(6)10(14)13(17,18)11(9)19/h3-5,10-12,19H,1-2H3/t5?,10-,11+/m1/s1. The quantitative estimate of drug-likeness (QED) is 0.839. The molecule has 0 saturated heterocycles. The summed E-state index contributed by atoms with van der Waals surface area (Å²) in [5.41, 5.74) is -1.78. The second kappa shape index (κ2) is 5.59. The van der Waals surface area contributed by atoms with Crippen molar-refractivity contribution >= 4 is 9.84 Å². The number of aliphatic hydroxyl groups is 1. The van der Waals surface area contributed by atoms with E-state index in [1.54, 1.807) is 0 Å². The van der Waals surface area contributed by atoms with Gasteiger partial charge in [-0.3, -0.25) is 0 Å². The number of ether oxygens (including phenoxy) is 1. The first-order valence-electron chi connectivity index (χ1n) is 6.40. The Labute approximate surface area is 128 Å². The zero-order valence-electron chi connectivity index (χ0n) is 11.9. The fraction of sp³-hybridized carbons (Fsp3) is 0.538. The molecule has 0 radical (unpaired) electrons. The number of hydrogen-bond donors (Lipinski definition) is 1. The van der Waals surface area contributed by atoms with Crippen LogP contribution in [0, 0.1) is 0 Å². The van der Waals surface area contributed by atoms with Crippen LogP contribution in [0.3, 0.4) is 0 Å². The van der Waals surface area contributed by atoms with Gasteiger partial charge in [-0.15, -0.1) is 0 Å². The second-order valence-electron chi connectivity index (χ2n) is 5.26. The molecule has 0 aliphatic heterocycles. The first-order chi connectivity index (χ1) is 10.4. The smallest absolute Gasteiger partial charge is 0.312 e. The summed E-state index contributed by atoms with van der Waals surface area (Å²) in [7, 11) is -4.06. The summed E-state index contributed by atoms with van der Waals surface area (Å²) in [6.45, 7) is 0.943. The molecular weight excluding hydrogens is 347 g/mol. The molecule has 0 fully saturated rings. The molecule has 1 N–H and O–H groups in total. The Kier molecular flexibility index (Phi) is 4.35. The van der Waals surface area contributed by atoms with Crippen LogP contribution < -0.4 is 4.74 Å². The van der Waals surface area contributed by atoms with Crippen molar-refractivity contribution in [2.45, 2.75) is 42.5 Å². The molecule has 130 valence electrons. The van der Waals surface area contributed by atoms with Crippen LogP contribution >= 0.6 is 0 Å². The van der Waals surface area contributed by atoms with Crippen LogP contribution in [0.2, 0.25) is 0 Å². The van der Waals surface area contributed by atoms with Crippen molar-refractivity contribution in [1.29, 1.82) is 0 Å². The average molecular weight is 360 g/mol. The molecule has 10 heteroatoms. The van der Waals surface area contributed by atoms with Gasteiger partial charge in [0.05, 0.1) is 4.90 Å². The van der Waals surface area contributed by atoms with Gasteiger partial charge >= 0.3 is 5.92 Å². The van der Waals surface area contributed by atoms with Crippen molar-refractivity contribution in [3.05, 3.63) is 23.3 Å². The van der Waals surface area contributed by atoms with E-state index in [0.29, 0.717) is 6.26 Å². The monoisotopic (exact) mass is 360 g/mol. The Hall–Kier alpha value is -1.42. The molecule has 0 heterocycles. The number of sulfone groups is 1. The van der Waals surface area contributed by atoms with Gasteiger partial charge < -0.3 is 9.84 Å². The lowest BCUT2D eigenvalue weighted by molar-refractivity contribution is -0.144. The summed E-state index contributed by atoms with van der Waals surface area (Å²) in [6, 6.07) is 1.65. The van der Waals surface area contributed by atoms with E-state index in [-0.39, 0.29) is 0 Å². The molecule has 0 saturated carbocycles. The van der Waals surface area contributed by atoms with Gasteiger partial charge in [0, 0.05) is 17.4 Å². The van der Waals surface area contributed by atoms with E-state index in [4.69, 9.17) is 4.74 Å². The lowest BCUT2D eigenvalue weighted by atomic mass is 10.1. The zero-order valence-corrected chi connectivity index (χ0v) is 12.8. The van der Waals surface area contributed by atoms with Gasteiger partial charge in [0.1, 0.15) is 11.9 Å². The summed E-state index contributed by atoms with van der Waals surface area (Å²) < 4.78 is 94.7. The van der Waals surface area contributed by atoms with Crippen molar-refractivity contribution in [3.8, 4) is 5.75 Å². The summed E-state index contributed by atoms with van der Waals surface area (Å²) >= 11 is 0. The molecule has 1 aromatic rings. The first kappa shape index (κ1) is 17.9. The van der Waals surface area contributed by atoms with E-state index in [2.05, 4.69) is 0 Å². The first-order valence-corrected chi connectivity index (χ1v) is 8.29. The second-order valence-corrected chi connectivity index (χ2v) is 7.24. The Balaban J connectivity index is 2.69. The van der Waals surface area contributed by atoms with Crippen LogP contribution in [0.4, 0.5) is 22.0 Å². The third kappa shape index (κ3) is 2.89. The highest BCUT2D eigenvalue weighted by atomic mass is 32.2. The summed E-state index contributed by atoms with van der Waals surface area (Å²) in [6.07, 6.45) is -9.80. The highest BCUT2D eigenvalue weighted by molar-refractivity contribution is 7.90. The van der Waals surface area contributed by atoms with E-state index in [0.717, 1.165) is 19.1 Å². The summed E-state index contributed by atoms with van der Waals surface area (Å²) in [5, 5.41) is 9.63. The van der Waals surface area contributed by atoms with Gasteiger partial charge in [0.15, 0.2) is 22.1 Å². The van der Waals surface area contributed by atoms with Crippen LogP contribution in [-0.4, -0.2) is 38.2 Å². The van der Waals surface area contributed by atoms with Gasteiger partial charge in [-0.05, 0) is 19.1 Å². The maximum absolute atomic E-state index is 14.1. The Morgan fingerprint density at radius 3 is 2.30 bits per heavy atom. The van der Waals surface area contributed by atoms with Gasteiger partial charge in [0.2, 0.25) is 0 Å². The minimum absolute atomic E-state index is 0.649. The van der Waals surface area contributed by atoms with Gasteiger partial charge in [-0.2, -0.15) is 8.78 Å². The molecule has 1 aliphatic rings. The predicted octanol–water partition coefficient (Wildman–Crippen LogP) is 2.82. The molecule has 3 atom stereocenters. The average Bonchev–Trinajstić information content (AvgIpc) is 2.59. The molecule has 1 unspecified atom stereocenters. The van der Waals surface area contributed by atoms with Gasteiger partial charge in [0.25, 0.3) is 6.43 Å². The molecule has 4 nitrogen and oxygen atoms in total. The van der Waals surface area contributed by atoms with Gasteiger partial charge in [-0.25, -0.2) is 21.6 Å². The Morgan fingerprint density at radius 1 is 1.26 bits per heavy atom. The minimum atomic E-state index is -4.30. The van der Waals surface area contributed by atoms with E-state index >= 15 is 0 Å². The Bertz CT molecular complexity index is 719. The third-order valence-corrected chi connectivity index (χ3v) is 4.66. The van der Waals surface area contributed by atoms with Crippen LogP contribution in [0.1, 0.15) is 30.3 Å². The SMILES string of the molecule is CC(Oc1ccc(S(C)(=O)=O)c2c1[C@@H](F)C(F)(F)[C@H]2O)C(F)F.